The van der Waals surface area contributed by atoms with Crippen LogP contribution in [-0.2, 0) is 4.74 Å². The van der Waals surface area contributed by atoms with Gasteiger partial charge in [-0.05, 0) is 72.9 Å². The fraction of sp³-hybridized carbons (Fsp3) is 0.444. The SMILES string of the molecule is CCCCCCCCOc1ccc(-c2ccc(C(=O)Oc3ccc(C(=O)OC(CCCCCC)C(F)(F)F)cc3F)cc2)cc1. The standard InChI is InChI=1S/C36H42F4O5/c1-3-5-7-9-10-12-24-43-30-21-18-27(19-22-30)26-14-16-28(17-15-26)34(41)44-32-23-20-29(25-31(32)37)35(42)45-33(36(38,39)40)13-11-8-6-4-2/h14-23,25,33H,3-13,24H2,1-2H3. The van der Waals surface area contributed by atoms with E-state index >= 15 is 0 Å². The Morgan fingerprint density at radius 1 is 0.689 bits per heavy atom. The highest BCUT2D eigenvalue weighted by molar-refractivity contribution is 5.92. The molecule has 0 fully saturated rings. The normalized spacial score (nSPS) is 12.0. The van der Waals surface area contributed by atoms with E-state index in [1.807, 2.05) is 31.2 Å². The van der Waals surface area contributed by atoms with Crippen molar-refractivity contribution < 1.29 is 41.4 Å². The minimum Gasteiger partial charge on any atom is -0.494 e. The molecule has 244 valence electrons. The molecular formula is C36H42F4O5. The Labute approximate surface area is 262 Å². The molecule has 5 nitrogen and oxygen atoms in total. The molecule has 1 unspecified atom stereocenters. The summed E-state index contributed by atoms with van der Waals surface area (Å²) in [6.07, 6.45) is 2.23. The van der Waals surface area contributed by atoms with E-state index < -0.39 is 41.3 Å². The highest BCUT2D eigenvalue weighted by atomic mass is 19.4. The first kappa shape index (κ1) is 35.6. The van der Waals surface area contributed by atoms with Crippen molar-refractivity contribution in [2.24, 2.45) is 0 Å². The van der Waals surface area contributed by atoms with Crippen LogP contribution in [0.15, 0.2) is 66.7 Å². The average Bonchev–Trinajstić information content (AvgIpc) is 3.02. The zero-order chi connectivity index (χ0) is 32.7. The number of unbranched alkanes of at least 4 members (excludes halogenated alkanes) is 8. The fourth-order valence-electron chi connectivity index (χ4n) is 4.73. The lowest BCUT2D eigenvalue weighted by molar-refractivity contribution is -0.206. The van der Waals surface area contributed by atoms with Crippen LogP contribution in [0.4, 0.5) is 17.6 Å². The first-order chi connectivity index (χ1) is 21.6. The lowest BCUT2D eigenvalue weighted by atomic mass is 10.0. The topological polar surface area (TPSA) is 61.8 Å². The summed E-state index contributed by atoms with van der Waals surface area (Å²) in [6.45, 7) is 4.80. The van der Waals surface area contributed by atoms with Crippen molar-refractivity contribution in [3.63, 3.8) is 0 Å². The van der Waals surface area contributed by atoms with E-state index in [2.05, 4.69) is 11.7 Å². The summed E-state index contributed by atoms with van der Waals surface area (Å²) in [6, 6.07) is 17.0. The Bertz CT molecular complexity index is 1340. The zero-order valence-corrected chi connectivity index (χ0v) is 26.0. The third-order valence-corrected chi connectivity index (χ3v) is 7.38. The Kier molecular flexibility index (Phi) is 14.4. The quantitative estimate of drug-likeness (QED) is 0.0606. The smallest absolute Gasteiger partial charge is 0.425 e. The molecule has 1 atom stereocenters. The van der Waals surface area contributed by atoms with Gasteiger partial charge in [0.05, 0.1) is 17.7 Å². The Hall–Kier alpha value is -3.88. The van der Waals surface area contributed by atoms with Crippen LogP contribution in [0.25, 0.3) is 11.1 Å². The van der Waals surface area contributed by atoms with Crippen LogP contribution in [0.1, 0.15) is 105 Å². The summed E-state index contributed by atoms with van der Waals surface area (Å²) >= 11 is 0. The molecule has 3 rings (SSSR count). The zero-order valence-electron chi connectivity index (χ0n) is 26.0. The number of rotatable bonds is 18. The number of ether oxygens (including phenoxy) is 3. The van der Waals surface area contributed by atoms with Crippen molar-refractivity contribution in [3.8, 4) is 22.6 Å². The summed E-state index contributed by atoms with van der Waals surface area (Å²) in [5.41, 5.74) is 1.52. The van der Waals surface area contributed by atoms with E-state index in [9.17, 15) is 27.2 Å². The highest BCUT2D eigenvalue weighted by Gasteiger charge is 2.42. The highest BCUT2D eigenvalue weighted by Crippen LogP contribution is 2.29. The molecule has 0 aliphatic heterocycles. The minimum atomic E-state index is -4.74. The molecule has 0 heterocycles. The van der Waals surface area contributed by atoms with Gasteiger partial charge in [-0.3, -0.25) is 0 Å². The summed E-state index contributed by atoms with van der Waals surface area (Å²) < 4.78 is 70.5. The number of hydrogen-bond donors (Lipinski definition) is 0. The van der Waals surface area contributed by atoms with Crippen LogP contribution in [0.5, 0.6) is 11.5 Å². The molecule has 0 aromatic heterocycles. The Morgan fingerprint density at radius 3 is 1.84 bits per heavy atom. The third-order valence-electron chi connectivity index (χ3n) is 7.38. The monoisotopic (exact) mass is 630 g/mol. The molecule has 0 N–H and O–H groups in total. The molecule has 0 saturated heterocycles. The third kappa shape index (κ3) is 11.9. The number of benzene rings is 3. The van der Waals surface area contributed by atoms with Crippen LogP contribution < -0.4 is 9.47 Å². The van der Waals surface area contributed by atoms with Gasteiger partial charge in [0, 0.05) is 0 Å². The lowest BCUT2D eigenvalue weighted by Crippen LogP contribution is -2.33. The van der Waals surface area contributed by atoms with Crippen LogP contribution in [-0.4, -0.2) is 30.8 Å². The van der Waals surface area contributed by atoms with Gasteiger partial charge < -0.3 is 14.2 Å². The second-order valence-corrected chi connectivity index (χ2v) is 11.0. The number of alkyl halides is 3. The average molecular weight is 631 g/mol. The Morgan fingerprint density at radius 2 is 1.24 bits per heavy atom. The maximum absolute atomic E-state index is 14.7. The van der Waals surface area contributed by atoms with Gasteiger partial charge in [-0.1, -0.05) is 89.5 Å². The maximum atomic E-state index is 14.7. The predicted octanol–water partition coefficient (Wildman–Crippen LogP) is 10.5. The van der Waals surface area contributed by atoms with E-state index in [-0.39, 0.29) is 18.4 Å². The van der Waals surface area contributed by atoms with Gasteiger partial charge in [0.2, 0.25) is 0 Å². The molecule has 45 heavy (non-hydrogen) atoms. The van der Waals surface area contributed by atoms with Crippen molar-refractivity contribution in [2.75, 3.05) is 6.61 Å². The summed E-state index contributed by atoms with van der Waals surface area (Å²) in [7, 11) is 0. The first-order valence-corrected chi connectivity index (χ1v) is 15.7. The summed E-state index contributed by atoms with van der Waals surface area (Å²) in [5.74, 6) is -2.91. The van der Waals surface area contributed by atoms with Gasteiger partial charge >= 0.3 is 18.1 Å². The molecule has 0 spiro atoms. The Balaban J connectivity index is 1.53. The van der Waals surface area contributed by atoms with Gasteiger partial charge in [0.15, 0.2) is 17.7 Å². The first-order valence-electron chi connectivity index (χ1n) is 15.7. The predicted molar refractivity (Wildman–Crippen MR) is 166 cm³/mol. The van der Waals surface area contributed by atoms with E-state index in [1.54, 1.807) is 24.3 Å². The van der Waals surface area contributed by atoms with Gasteiger partial charge in [0.1, 0.15) is 5.75 Å². The van der Waals surface area contributed by atoms with E-state index in [0.717, 1.165) is 54.7 Å². The molecule has 0 radical (unpaired) electrons. The summed E-state index contributed by atoms with van der Waals surface area (Å²) in [4.78, 5) is 25.0. The van der Waals surface area contributed by atoms with Crippen molar-refractivity contribution in [2.45, 2.75) is 96.8 Å². The number of carbonyl (C=O) groups is 2. The molecule has 0 aliphatic rings. The van der Waals surface area contributed by atoms with E-state index in [1.165, 1.54) is 25.7 Å². The van der Waals surface area contributed by atoms with E-state index in [0.29, 0.717) is 19.1 Å². The van der Waals surface area contributed by atoms with Gasteiger partial charge in [0.25, 0.3) is 0 Å². The van der Waals surface area contributed by atoms with Crippen molar-refractivity contribution in [1.29, 1.82) is 0 Å². The van der Waals surface area contributed by atoms with Crippen LogP contribution in [0.2, 0.25) is 0 Å². The molecule has 0 aliphatic carbocycles. The maximum Gasteiger partial charge on any atom is 0.425 e. The molecule has 9 heteroatoms. The number of hydrogen-bond acceptors (Lipinski definition) is 5. The summed E-state index contributed by atoms with van der Waals surface area (Å²) in [5, 5.41) is 0. The molecular weight excluding hydrogens is 588 g/mol. The van der Waals surface area contributed by atoms with Gasteiger partial charge in [-0.15, -0.1) is 0 Å². The van der Waals surface area contributed by atoms with Crippen LogP contribution in [0.3, 0.4) is 0 Å². The lowest BCUT2D eigenvalue weighted by Gasteiger charge is -2.20. The largest absolute Gasteiger partial charge is 0.494 e. The molecule has 3 aromatic carbocycles. The molecule has 3 aromatic rings. The fourth-order valence-corrected chi connectivity index (χ4v) is 4.73. The van der Waals surface area contributed by atoms with Crippen molar-refractivity contribution >= 4 is 11.9 Å². The van der Waals surface area contributed by atoms with Crippen molar-refractivity contribution in [3.05, 3.63) is 83.7 Å². The van der Waals surface area contributed by atoms with Crippen LogP contribution in [0, 0.1) is 5.82 Å². The van der Waals surface area contributed by atoms with Gasteiger partial charge in [-0.25, -0.2) is 14.0 Å². The van der Waals surface area contributed by atoms with Crippen molar-refractivity contribution in [1.82, 2.24) is 0 Å². The second-order valence-electron chi connectivity index (χ2n) is 11.0. The number of halogens is 4. The van der Waals surface area contributed by atoms with E-state index in [4.69, 9.17) is 9.47 Å². The minimum absolute atomic E-state index is 0.164. The second kappa shape index (κ2) is 18.2. The molecule has 0 saturated carbocycles. The van der Waals surface area contributed by atoms with Crippen LogP contribution >= 0.6 is 0 Å². The number of carbonyl (C=O) groups excluding carboxylic acids is 2. The molecule has 0 amide bonds. The molecule has 0 bridgehead atoms. The number of esters is 2. The van der Waals surface area contributed by atoms with Gasteiger partial charge in [-0.2, -0.15) is 13.2 Å².